The van der Waals surface area contributed by atoms with E-state index in [-0.39, 0.29) is 22.8 Å². The molecule has 30 heavy (non-hydrogen) atoms. The lowest BCUT2D eigenvalue weighted by molar-refractivity contribution is -0.223. The normalized spacial score (nSPS) is 28.8. The Morgan fingerprint density at radius 3 is 2.80 bits per heavy atom. The molecule has 0 N–H and O–H groups in total. The number of hydrazone groups is 1. The molecule has 1 aliphatic heterocycles. The van der Waals surface area contributed by atoms with Gasteiger partial charge in [-0.15, -0.1) is 0 Å². The zero-order chi connectivity index (χ0) is 20.3. The Bertz CT molecular complexity index is 1220. The van der Waals surface area contributed by atoms with Crippen molar-refractivity contribution in [2.24, 2.45) is 15.9 Å². The number of carbonyl (C=O) groups excluding carboxylic acids is 1. The van der Waals surface area contributed by atoms with E-state index in [9.17, 15) is 4.79 Å². The molecule has 1 aromatic carbocycles. The van der Waals surface area contributed by atoms with Crippen molar-refractivity contribution in [2.45, 2.75) is 38.3 Å². The summed E-state index contributed by atoms with van der Waals surface area (Å²) in [6, 6.07) is 9.38. The zero-order valence-electron chi connectivity index (χ0n) is 16.3. The topological polar surface area (TPSA) is 100 Å². The maximum absolute atomic E-state index is 13.3. The summed E-state index contributed by atoms with van der Waals surface area (Å²) in [6.45, 7) is 0.798. The van der Waals surface area contributed by atoms with E-state index in [2.05, 4.69) is 26.2 Å². The Kier molecular flexibility index (Phi) is 3.43. The van der Waals surface area contributed by atoms with Gasteiger partial charge in [0.15, 0.2) is 5.82 Å². The van der Waals surface area contributed by atoms with Crippen LogP contribution in [-0.2, 0) is 11.3 Å². The van der Waals surface area contributed by atoms with Gasteiger partial charge in [-0.25, -0.2) is 15.0 Å². The second-order valence-corrected chi connectivity index (χ2v) is 8.80. The molecule has 3 aliphatic carbocycles. The summed E-state index contributed by atoms with van der Waals surface area (Å²) in [5.41, 5.74) is 1.50. The summed E-state index contributed by atoms with van der Waals surface area (Å²) in [6.07, 6.45) is 10.2. The second-order valence-electron chi connectivity index (χ2n) is 8.80. The third-order valence-electron chi connectivity index (χ3n) is 6.77. The molecular weight excluding hydrogens is 378 g/mol. The van der Waals surface area contributed by atoms with E-state index in [0.29, 0.717) is 17.8 Å². The summed E-state index contributed by atoms with van der Waals surface area (Å²) in [5.74, 6) is 0.740. The summed E-state index contributed by atoms with van der Waals surface area (Å²) >= 11 is 0. The van der Waals surface area contributed by atoms with Crippen molar-refractivity contribution in [1.29, 1.82) is 5.26 Å². The van der Waals surface area contributed by atoms with Crippen molar-refractivity contribution in [2.75, 3.05) is 0 Å². The fourth-order valence-electron chi connectivity index (χ4n) is 5.54. The van der Waals surface area contributed by atoms with Gasteiger partial charge in [-0.05, 0) is 48.9 Å². The molecule has 0 saturated heterocycles. The highest BCUT2D eigenvalue weighted by Gasteiger charge is 2.72. The lowest BCUT2D eigenvalue weighted by Crippen LogP contribution is -2.68. The first-order valence-electron chi connectivity index (χ1n) is 10.1. The van der Waals surface area contributed by atoms with Gasteiger partial charge in [0.05, 0.1) is 28.8 Å². The molecule has 7 rings (SSSR count). The van der Waals surface area contributed by atoms with Crippen LogP contribution in [0.15, 0.2) is 48.0 Å². The van der Waals surface area contributed by atoms with Gasteiger partial charge in [0.1, 0.15) is 6.04 Å². The highest BCUT2D eigenvalue weighted by atomic mass is 16.2. The maximum atomic E-state index is 13.3. The molecule has 2 bridgehead atoms. The molecule has 3 saturated carbocycles. The van der Waals surface area contributed by atoms with Crippen molar-refractivity contribution in [3.05, 3.63) is 54.2 Å². The smallest absolute Gasteiger partial charge is 0.249 e. The summed E-state index contributed by atoms with van der Waals surface area (Å²) in [5, 5.41) is 20.5. The number of benzene rings is 1. The van der Waals surface area contributed by atoms with Crippen LogP contribution in [0.1, 0.15) is 43.1 Å². The Morgan fingerprint density at radius 2 is 2.03 bits per heavy atom. The van der Waals surface area contributed by atoms with Crippen molar-refractivity contribution in [3.8, 4) is 6.07 Å². The highest BCUT2D eigenvalue weighted by molar-refractivity contribution is 5.88. The fraction of sp³-hybridized carbons (Fsp3) is 0.364. The minimum Gasteiger partial charge on any atom is -0.272 e. The van der Waals surface area contributed by atoms with Crippen LogP contribution in [0.4, 0.5) is 0 Å². The average molecular weight is 397 g/mol. The van der Waals surface area contributed by atoms with Gasteiger partial charge in [-0.1, -0.05) is 0 Å². The third-order valence-corrected chi connectivity index (χ3v) is 6.77. The molecule has 8 nitrogen and oxygen atoms in total. The number of amides is 1. The van der Waals surface area contributed by atoms with Crippen LogP contribution >= 0.6 is 0 Å². The van der Waals surface area contributed by atoms with E-state index >= 15 is 0 Å². The Balaban J connectivity index is 1.17. The molecule has 3 aromatic rings. The van der Waals surface area contributed by atoms with Crippen LogP contribution in [0.25, 0.3) is 10.9 Å². The van der Waals surface area contributed by atoms with Crippen LogP contribution in [-0.4, -0.2) is 36.9 Å². The quantitative estimate of drug-likeness (QED) is 0.674. The number of aromatic nitrogens is 4. The number of fused-ring (bicyclic) bond motifs is 1. The van der Waals surface area contributed by atoms with Gasteiger partial charge in [-0.2, -0.15) is 15.5 Å². The van der Waals surface area contributed by atoms with E-state index in [0.717, 1.165) is 36.7 Å². The van der Waals surface area contributed by atoms with Crippen LogP contribution < -0.4 is 0 Å². The molecule has 1 amide bonds. The Hall–Kier alpha value is -3.60. The van der Waals surface area contributed by atoms with Gasteiger partial charge in [0, 0.05) is 37.0 Å². The number of nitriles is 1. The highest BCUT2D eigenvalue weighted by Crippen LogP contribution is 2.74. The minimum absolute atomic E-state index is 0.0968. The minimum atomic E-state index is -0.300. The average Bonchev–Trinajstić information content (AvgIpc) is 3.36. The van der Waals surface area contributed by atoms with Crippen LogP contribution in [0, 0.1) is 22.2 Å². The van der Waals surface area contributed by atoms with Gasteiger partial charge in [0.2, 0.25) is 5.91 Å². The Labute approximate surface area is 172 Å². The molecule has 148 valence electrons. The van der Waals surface area contributed by atoms with Crippen molar-refractivity contribution in [1.82, 2.24) is 24.8 Å². The van der Waals surface area contributed by atoms with Crippen molar-refractivity contribution in [3.63, 3.8) is 0 Å². The number of rotatable bonds is 4. The summed E-state index contributed by atoms with van der Waals surface area (Å²) < 4.78 is 2.01. The van der Waals surface area contributed by atoms with Crippen LogP contribution in [0.2, 0.25) is 0 Å². The number of hydrogen-bond donors (Lipinski definition) is 0. The predicted molar refractivity (Wildman–Crippen MR) is 108 cm³/mol. The van der Waals surface area contributed by atoms with Crippen molar-refractivity contribution >= 4 is 23.0 Å². The van der Waals surface area contributed by atoms with Gasteiger partial charge in [0.25, 0.3) is 0 Å². The standard InChI is InChI=1S/C22H19N7O/c23-9-15-2-3-17-16(8-15)10-27-28(17)14-21-11-22(12-21,13-21)20(30)29-18(4-7-26-29)19-24-5-1-6-25-19/h1-3,5-8,10,18H,4,11-14H2. The number of carbonyl (C=O) groups is 1. The molecule has 0 radical (unpaired) electrons. The van der Waals surface area contributed by atoms with Crippen LogP contribution in [0.3, 0.4) is 0 Å². The van der Waals surface area contributed by atoms with Gasteiger partial charge in [-0.3, -0.25) is 9.48 Å². The lowest BCUT2D eigenvalue weighted by atomic mass is 9.34. The largest absolute Gasteiger partial charge is 0.272 e. The molecule has 3 heterocycles. The first-order valence-corrected chi connectivity index (χ1v) is 10.1. The zero-order valence-corrected chi connectivity index (χ0v) is 16.3. The molecule has 4 aliphatic rings. The van der Waals surface area contributed by atoms with E-state index in [1.54, 1.807) is 29.7 Å². The van der Waals surface area contributed by atoms with E-state index in [4.69, 9.17) is 5.26 Å². The monoisotopic (exact) mass is 397 g/mol. The molecule has 8 heteroatoms. The second kappa shape index (κ2) is 5.95. The molecule has 2 aromatic heterocycles. The number of nitrogens with zero attached hydrogens (tertiary/aromatic N) is 7. The SMILES string of the molecule is N#Cc1ccc2c(cnn2CC23CC(C(=O)N4N=CCC4c4ncccn4)(C2)C3)c1. The fourth-order valence-corrected chi connectivity index (χ4v) is 5.54. The molecule has 1 atom stereocenters. The summed E-state index contributed by atoms with van der Waals surface area (Å²) in [4.78, 5) is 21.9. The summed E-state index contributed by atoms with van der Waals surface area (Å²) in [7, 11) is 0. The van der Waals surface area contributed by atoms with E-state index in [1.807, 2.05) is 29.1 Å². The number of hydrogen-bond acceptors (Lipinski definition) is 6. The third kappa shape index (κ3) is 2.35. The van der Waals surface area contributed by atoms with Crippen LogP contribution in [0.5, 0.6) is 0 Å². The van der Waals surface area contributed by atoms with E-state index in [1.165, 1.54) is 0 Å². The first-order chi connectivity index (χ1) is 14.6. The van der Waals surface area contributed by atoms with Crippen molar-refractivity contribution < 1.29 is 4.79 Å². The first kappa shape index (κ1) is 17.3. The van der Waals surface area contributed by atoms with Gasteiger partial charge >= 0.3 is 0 Å². The van der Waals surface area contributed by atoms with Gasteiger partial charge < -0.3 is 0 Å². The maximum Gasteiger partial charge on any atom is 0.249 e. The Morgan fingerprint density at radius 1 is 1.23 bits per heavy atom. The molecule has 0 spiro atoms. The molecule has 1 unspecified atom stereocenters. The van der Waals surface area contributed by atoms with E-state index < -0.39 is 0 Å². The molecular formula is C22H19N7O. The predicted octanol–water partition coefficient (Wildman–Crippen LogP) is 2.83. The molecule has 3 fully saturated rings. The lowest BCUT2D eigenvalue weighted by Gasteiger charge is -2.69.